The van der Waals surface area contributed by atoms with Crippen LogP contribution in [0, 0.1) is 13.8 Å². The molecule has 1 fully saturated rings. The van der Waals surface area contributed by atoms with Crippen LogP contribution in [0.5, 0.6) is 0 Å². The Bertz CT molecular complexity index is 937. The Morgan fingerprint density at radius 1 is 0.964 bits per heavy atom. The minimum absolute atomic E-state index is 0.152. The number of likely N-dealkylation sites (N-methyl/N-ethyl adjacent to an activating group) is 1. The van der Waals surface area contributed by atoms with Gasteiger partial charge in [-0.05, 0) is 49.2 Å². The second-order valence-electron chi connectivity index (χ2n) is 7.21. The lowest BCUT2D eigenvalue weighted by atomic mass is 10.1. The van der Waals surface area contributed by atoms with Gasteiger partial charge in [-0.1, -0.05) is 24.3 Å². The van der Waals surface area contributed by atoms with Crippen molar-refractivity contribution in [2.45, 2.75) is 18.7 Å². The molecule has 0 bridgehead atoms. The highest BCUT2D eigenvalue weighted by atomic mass is 32.2. The normalized spacial score (nSPS) is 15.1. The largest absolute Gasteiger partial charge is 0.368 e. The van der Waals surface area contributed by atoms with Gasteiger partial charge < -0.3 is 9.80 Å². The van der Waals surface area contributed by atoms with Crippen molar-refractivity contribution in [1.29, 1.82) is 0 Å². The first-order chi connectivity index (χ1) is 13.3. The van der Waals surface area contributed by atoms with Crippen LogP contribution in [0.25, 0.3) is 0 Å². The maximum atomic E-state index is 12.8. The molecule has 0 N–H and O–H groups in total. The highest BCUT2D eigenvalue weighted by Crippen LogP contribution is 2.19. The van der Waals surface area contributed by atoms with Gasteiger partial charge in [0.05, 0.1) is 11.4 Å². The Hall–Kier alpha value is -2.38. The number of hydrogen-bond acceptors (Lipinski definition) is 4. The van der Waals surface area contributed by atoms with Crippen molar-refractivity contribution in [2.75, 3.05) is 44.7 Å². The number of para-hydroxylation sites is 1. The summed E-state index contributed by atoms with van der Waals surface area (Å²) < 4.78 is 26.7. The predicted molar refractivity (Wildman–Crippen MR) is 111 cm³/mol. The summed E-state index contributed by atoms with van der Waals surface area (Å²) in [4.78, 5) is 16.9. The number of piperazine rings is 1. The average Bonchev–Trinajstić information content (AvgIpc) is 2.70. The zero-order valence-electron chi connectivity index (χ0n) is 16.6. The first kappa shape index (κ1) is 20.4. The highest BCUT2D eigenvalue weighted by Gasteiger charge is 2.27. The Kier molecular flexibility index (Phi) is 6.05. The van der Waals surface area contributed by atoms with Gasteiger partial charge in [-0.25, -0.2) is 8.42 Å². The van der Waals surface area contributed by atoms with Crippen molar-refractivity contribution >= 4 is 21.6 Å². The number of carbonyl (C=O) groups excluding carboxylic acids is 1. The molecule has 1 aliphatic rings. The van der Waals surface area contributed by atoms with Crippen molar-refractivity contribution in [3.05, 3.63) is 59.7 Å². The smallest absolute Gasteiger partial charge is 0.243 e. The predicted octanol–water partition coefficient (Wildman–Crippen LogP) is 2.27. The van der Waals surface area contributed by atoms with E-state index in [1.165, 1.54) is 7.05 Å². The molecule has 0 spiro atoms. The summed E-state index contributed by atoms with van der Waals surface area (Å²) >= 11 is 0. The maximum Gasteiger partial charge on any atom is 0.243 e. The Labute approximate surface area is 167 Å². The van der Waals surface area contributed by atoms with Gasteiger partial charge in [-0.2, -0.15) is 4.31 Å². The first-order valence-electron chi connectivity index (χ1n) is 9.40. The Morgan fingerprint density at radius 3 is 2.21 bits per heavy atom. The molecule has 0 unspecified atom stereocenters. The maximum absolute atomic E-state index is 12.8. The number of rotatable bonds is 5. The van der Waals surface area contributed by atoms with Crippen LogP contribution >= 0.6 is 0 Å². The fourth-order valence-corrected chi connectivity index (χ4v) is 4.49. The number of sulfonamides is 1. The molecule has 2 aromatic carbocycles. The zero-order valence-corrected chi connectivity index (χ0v) is 17.4. The summed E-state index contributed by atoms with van der Waals surface area (Å²) in [5, 5.41) is 0. The van der Waals surface area contributed by atoms with Crippen molar-refractivity contribution < 1.29 is 13.2 Å². The van der Waals surface area contributed by atoms with E-state index in [1.807, 2.05) is 32.0 Å². The van der Waals surface area contributed by atoms with Crippen LogP contribution in [-0.4, -0.2) is 63.3 Å². The van der Waals surface area contributed by atoms with E-state index < -0.39 is 10.0 Å². The van der Waals surface area contributed by atoms with Crippen LogP contribution in [0.3, 0.4) is 0 Å². The molecule has 0 saturated carbocycles. The fraction of sp³-hybridized carbons (Fsp3) is 0.381. The number of amides is 1. The van der Waals surface area contributed by atoms with Gasteiger partial charge in [0.25, 0.3) is 0 Å². The Balaban J connectivity index is 1.60. The monoisotopic (exact) mass is 401 g/mol. The van der Waals surface area contributed by atoms with E-state index in [9.17, 15) is 13.2 Å². The van der Waals surface area contributed by atoms with E-state index in [0.717, 1.165) is 34.2 Å². The number of nitrogens with zero attached hydrogens (tertiary/aromatic N) is 3. The van der Waals surface area contributed by atoms with Crippen molar-refractivity contribution in [2.24, 2.45) is 0 Å². The molecule has 3 rings (SSSR count). The lowest BCUT2D eigenvalue weighted by Gasteiger charge is -2.36. The SMILES string of the molecule is Cc1ccc(S(=O)(=O)N(C)CC(=O)N2CCN(c3ccccc3)CC2)cc1C. The Morgan fingerprint density at radius 2 is 1.61 bits per heavy atom. The average molecular weight is 402 g/mol. The lowest BCUT2D eigenvalue weighted by molar-refractivity contribution is -0.131. The molecule has 1 heterocycles. The molecule has 1 amide bonds. The zero-order chi connectivity index (χ0) is 20.3. The van der Waals surface area contributed by atoms with Crippen LogP contribution in [0.15, 0.2) is 53.4 Å². The molecular formula is C21H27N3O3S. The summed E-state index contributed by atoms with van der Waals surface area (Å²) in [6.45, 7) is 6.32. The second-order valence-corrected chi connectivity index (χ2v) is 9.26. The molecule has 0 radical (unpaired) electrons. The third kappa shape index (κ3) is 4.36. The molecule has 1 aliphatic heterocycles. The van der Waals surface area contributed by atoms with Crippen molar-refractivity contribution in [3.63, 3.8) is 0 Å². The number of benzene rings is 2. The minimum atomic E-state index is -3.69. The van der Waals surface area contributed by atoms with E-state index in [4.69, 9.17) is 0 Å². The van der Waals surface area contributed by atoms with Gasteiger partial charge >= 0.3 is 0 Å². The van der Waals surface area contributed by atoms with Gasteiger partial charge in [-0.3, -0.25) is 4.79 Å². The van der Waals surface area contributed by atoms with Gasteiger partial charge in [0.2, 0.25) is 15.9 Å². The van der Waals surface area contributed by atoms with Crippen LogP contribution in [0.2, 0.25) is 0 Å². The molecule has 0 atom stereocenters. The summed E-state index contributed by atoms with van der Waals surface area (Å²) in [5.74, 6) is -0.164. The van der Waals surface area contributed by atoms with E-state index >= 15 is 0 Å². The van der Waals surface area contributed by atoms with E-state index in [-0.39, 0.29) is 17.3 Å². The van der Waals surface area contributed by atoms with Crippen molar-refractivity contribution in [1.82, 2.24) is 9.21 Å². The number of aryl methyl sites for hydroxylation is 2. The van der Waals surface area contributed by atoms with Crippen LogP contribution in [-0.2, 0) is 14.8 Å². The topological polar surface area (TPSA) is 60.9 Å². The fourth-order valence-electron chi connectivity index (χ4n) is 3.28. The van der Waals surface area contributed by atoms with Gasteiger partial charge in [0, 0.05) is 38.9 Å². The highest BCUT2D eigenvalue weighted by molar-refractivity contribution is 7.89. The van der Waals surface area contributed by atoms with Gasteiger partial charge in [0.1, 0.15) is 0 Å². The molecule has 6 nitrogen and oxygen atoms in total. The molecule has 2 aromatic rings. The molecule has 0 aliphatic carbocycles. The molecule has 150 valence electrons. The molecule has 1 saturated heterocycles. The summed E-state index contributed by atoms with van der Waals surface area (Å²) in [7, 11) is -2.23. The van der Waals surface area contributed by atoms with E-state index in [0.29, 0.717) is 13.1 Å². The molecular weight excluding hydrogens is 374 g/mol. The molecule has 0 aromatic heterocycles. The third-order valence-electron chi connectivity index (χ3n) is 5.30. The lowest BCUT2D eigenvalue weighted by Crippen LogP contribution is -2.51. The number of carbonyl (C=O) groups is 1. The first-order valence-corrected chi connectivity index (χ1v) is 10.8. The third-order valence-corrected chi connectivity index (χ3v) is 7.10. The van der Waals surface area contributed by atoms with Gasteiger partial charge in [0.15, 0.2) is 0 Å². The summed E-state index contributed by atoms with van der Waals surface area (Å²) in [6.07, 6.45) is 0. The second kappa shape index (κ2) is 8.32. The molecule has 28 heavy (non-hydrogen) atoms. The van der Waals surface area contributed by atoms with Crippen molar-refractivity contribution in [3.8, 4) is 0 Å². The van der Waals surface area contributed by atoms with E-state index in [1.54, 1.807) is 23.1 Å². The van der Waals surface area contributed by atoms with E-state index in [2.05, 4.69) is 17.0 Å². The van der Waals surface area contributed by atoms with Crippen LogP contribution in [0.1, 0.15) is 11.1 Å². The van der Waals surface area contributed by atoms with Crippen LogP contribution in [0.4, 0.5) is 5.69 Å². The number of hydrogen-bond donors (Lipinski definition) is 0. The minimum Gasteiger partial charge on any atom is -0.368 e. The number of anilines is 1. The quantitative estimate of drug-likeness (QED) is 0.771. The summed E-state index contributed by atoms with van der Waals surface area (Å²) in [6, 6.07) is 15.1. The van der Waals surface area contributed by atoms with Crippen LogP contribution < -0.4 is 4.90 Å². The summed E-state index contributed by atoms with van der Waals surface area (Å²) in [5.41, 5.74) is 3.09. The standard InChI is InChI=1S/C21H27N3O3S/c1-17-9-10-20(15-18(17)2)28(26,27)22(3)16-21(25)24-13-11-23(12-14-24)19-7-5-4-6-8-19/h4-10,15H,11-14,16H2,1-3H3. The molecule has 7 heteroatoms. The van der Waals surface area contributed by atoms with Gasteiger partial charge in [-0.15, -0.1) is 0 Å².